The molecule has 0 aromatic heterocycles. The molecule has 5 heteroatoms. The van der Waals surface area contributed by atoms with E-state index in [0.717, 1.165) is 30.2 Å². The van der Waals surface area contributed by atoms with Crippen LogP contribution in [0.1, 0.15) is 56.6 Å². The van der Waals surface area contributed by atoms with Gasteiger partial charge in [-0.05, 0) is 57.1 Å². The van der Waals surface area contributed by atoms with Crippen LogP contribution < -0.4 is 20.1 Å². The monoisotopic (exact) mass is 356 g/mol. The van der Waals surface area contributed by atoms with Crippen molar-refractivity contribution in [1.29, 1.82) is 0 Å². The molecule has 1 aromatic carbocycles. The molecule has 0 bridgehead atoms. The van der Waals surface area contributed by atoms with Gasteiger partial charge < -0.3 is 20.1 Å². The summed E-state index contributed by atoms with van der Waals surface area (Å²) in [6, 6.07) is 4.29. The summed E-state index contributed by atoms with van der Waals surface area (Å²) in [4.78, 5) is 10.5. The summed E-state index contributed by atoms with van der Waals surface area (Å²) in [5.41, 5.74) is 3.73. The molecule has 0 radical (unpaired) electrons. The molecule has 1 atom stereocenters. The van der Waals surface area contributed by atoms with Crippen LogP contribution in [0.15, 0.2) is 24.4 Å². The first kappa shape index (κ1) is 17.3. The molecular formula is C21H28N2O3. The van der Waals surface area contributed by atoms with Gasteiger partial charge in [0.2, 0.25) is 0 Å². The molecule has 140 valence electrons. The van der Waals surface area contributed by atoms with E-state index in [4.69, 9.17) is 9.47 Å². The number of hydrogen-bond acceptors (Lipinski definition) is 3. The predicted molar refractivity (Wildman–Crippen MR) is 101 cm³/mol. The molecule has 1 aromatic rings. The van der Waals surface area contributed by atoms with Crippen molar-refractivity contribution in [2.24, 2.45) is 0 Å². The molecular weight excluding hydrogens is 328 g/mol. The van der Waals surface area contributed by atoms with Crippen LogP contribution in [0.3, 0.4) is 0 Å². The number of hydrogen-bond donors (Lipinski definition) is 2. The van der Waals surface area contributed by atoms with E-state index in [0.29, 0.717) is 11.5 Å². The molecule has 0 unspecified atom stereocenters. The van der Waals surface area contributed by atoms with Crippen LogP contribution in [0.25, 0.3) is 0 Å². The van der Waals surface area contributed by atoms with Gasteiger partial charge >= 0.3 is 6.03 Å². The Kier molecular flexibility index (Phi) is 4.33. The molecule has 5 rings (SSSR count). The van der Waals surface area contributed by atoms with Gasteiger partial charge in [0.15, 0.2) is 0 Å². The number of amides is 2. The van der Waals surface area contributed by atoms with Gasteiger partial charge in [-0.2, -0.15) is 0 Å². The van der Waals surface area contributed by atoms with E-state index in [2.05, 4.69) is 36.3 Å². The van der Waals surface area contributed by atoms with E-state index < -0.39 is 0 Å². The van der Waals surface area contributed by atoms with Crippen LogP contribution in [0.2, 0.25) is 0 Å². The fourth-order valence-corrected chi connectivity index (χ4v) is 3.81. The lowest BCUT2D eigenvalue weighted by molar-refractivity contribution is 0.118. The van der Waals surface area contributed by atoms with Crippen molar-refractivity contribution in [3.8, 4) is 11.5 Å². The van der Waals surface area contributed by atoms with E-state index in [-0.39, 0.29) is 12.1 Å². The van der Waals surface area contributed by atoms with Crippen LogP contribution in [-0.2, 0) is 5.41 Å². The summed E-state index contributed by atoms with van der Waals surface area (Å²) in [5, 5.41) is 5.28. The minimum absolute atomic E-state index is 0.133. The lowest BCUT2D eigenvalue weighted by Gasteiger charge is -2.28. The summed E-state index contributed by atoms with van der Waals surface area (Å²) in [7, 11) is 0. The molecule has 1 spiro atoms. The summed E-state index contributed by atoms with van der Waals surface area (Å²) in [6.07, 6.45) is 7.65. The molecule has 2 saturated carbocycles. The highest BCUT2D eigenvalue weighted by Crippen LogP contribution is 2.59. The van der Waals surface area contributed by atoms with Gasteiger partial charge in [-0.15, -0.1) is 0 Å². The van der Waals surface area contributed by atoms with Gasteiger partial charge in [-0.3, -0.25) is 0 Å². The molecule has 2 aliphatic carbocycles. The highest BCUT2D eigenvalue weighted by Gasteiger charge is 2.53. The minimum atomic E-state index is -0.133. The van der Waals surface area contributed by atoms with E-state index in [9.17, 15) is 4.79 Å². The number of urea groups is 1. The number of rotatable bonds is 3. The van der Waals surface area contributed by atoms with Gasteiger partial charge in [0.05, 0.1) is 18.8 Å². The molecule has 2 N–H and O–H groups in total. The van der Waals surface area contributed by atoms with Crippen molar-refractivity contribution >= 4 is 6.03 Å². The van der Waals surface area contributed by atoms with E-state index in [1.54, 1.807) is 0 Å². The molecule has 4 aliphatic rings. The van der Waals surface area contributed by atoms with Crippen LogP contribution in [-0.4, -0.2) is 24.8 Å². The number of carbonyl (C=O) groups is 1. The average Bonchev–Trinajstić information content (AvgIpc) is 3.14. The Morgan fingerprint density at radius 1 is 1.35 bits per heavy atom. The third kappa shape index (κ3) is 3.04. The summed E-state index contributed by atoms with van der Waals surface area (Å²) in [6.45, 7) is 8.67. The van der Waals surface area contributed by atoms with Gasteiger partial charge in [0.25, 0.3) is 0 Å². The second-order valence-corrected chi connectivity index (χ2v) is 7.91. The Hall–Kier alpha value is -2.17. The Morgan fingerprint density at radius 2 is 2.12 bits per heavy atom. The maximum absolute atomic E-state index is 10.5. The number of ether oxygens (including phenoxy) is 2. The molecule has 5 nitrogen and oxygen atoms in total. The number of aryl methyl sites for hydroxylation is 1. The number of fused-ring (bicyclic) bond motifs is 2. The molecule has 26 heavy (non-hydrogen) atoms. The number of benzene rings is 1. The summed E-state index contributed by atoms with van der Waals surface area (Å²) in [5.74, 6) is 2.21. The maximum Gasteiger partial charge on any atom is 0.319 e. The zero-order chi connectivity index (χ0) is 18.3. The van der Waals surface area contributed by atoms with Crippen molar-refractivity contribution in [2.75, 3.05) is 6.61 Å². The van der Waals surface area contributed by atoms with Gasteiger partial charge in [-0.1, -0.05) is 19.6 Å². The van der Waals surface area contributed by atoms with E-state index in [1.165, 1.54) is 43.2 Å². The molecule has 1 saturated heterocycles. The van der Waals surface area contributed by atoms with Crippen molar-refractivity contribution in [1.82, 2.24) is 10.6 Å². The zero-order valence-corrected chi connectivity index (χ0v) is 15.7. The summed E-state index contributed by atoms with van der Waals surface area (Å²) >= 11 is 0. The quantitative estimate of drug-likeness (QED) is 0.862. The van der Waals surface area contributed by atoms with E-state index >= 15 is 0 Å². The van der Waals surface area contributed by atoms with Gasteiger partial charge in [-0.25, -0.2) is 4.79 Å². The largest absolute Gasteiger partial charge is 0.492 e. The average molecular weight is 356 g/mol. The first-order valence-corrected chi connectivity index (χ1v) is 9.72. The normalized spacial score (nSPS) is 24.6. The molecule has 2 amide bonds. The van der Waals surface area contributed by atoms with Crippen LogP contribution in [0.5, 0.6) is 11.5 Å². The predicted octanol–water partition coefficient (Wildman–Crippen LogP) is 3.94. The van der Waals surface area contributed by atoms with Crippen molar-refractivity contribution in [3.63, 3.8) is 0 Å². The Labute approximate surface area is 155 Å². The topological polar surface area (TPSA) is 59.6 Å². The fourth-order valence-electron chi connectivity index (χ4n) is 3.81. The lowest BCUT2D eigenvalue weighted by atomic mass is 9.93. The fraction of sp³-hybridized carbons (Fsp3) is 0.571. The zero-order valence-electron chi connectivity index (χ0n) is 15.7. The Bertz CT molecular complexity index is 735. The van der Waals surface area contributed by atoms with Crippen molar-refractivity contribution in [3.05, 3.63) is 35.5 Å². The summed E-state index contributed by atoms with van der Waals surface area (Å²) < 4.78 is 12.0. The van der Waals surface area contributed by atoms with Gasteiger partial charge in [0.1, 0.15) is 11.5 Å². The van der Waals surface area contributed by atoms with Crippen molar-refractivity contribution in [2.45, 2.75) is 69.9 Å². The number of nitrogens with one attached hydrogen (secondary N) is 2. The van der Waals surface area contributed by atoms with E-state index in [1.807, 2.05) is 6.92 Å². The van der Waals surface area contributed by atoms with Crippen LogP contribution >= 0.6 is 0 Å². The SMILES string of the molecule is C=C1NC(=O)N[C@@H]1CC.Cc1ccc(OC2CCC2)c2c1OCC21CC1. The lowest BCUT2D eigenvalue weighted by Crippen LogP contribution is -2.25. The highest BCUT2D eigenvalue weighted by molar-refractivity contribution is 5.80. The second kappa shape index (κ2) is 6.53. The van der Waals surface area contributed by atoms with Gasteiger partial charge in [0, 0.05) is 16.7 Å². The van der Waals surface area contributed by atoms with Crippen LogP contribution in [0, 0.1) is 6.92 Å². The van der Waals surface area contributed by atoms with Crippen molar-refractivity contribution < 1.29 is 14.3 Å². The molecule has 2 aliphatic heterocycles. The smallest absolute Gasteiger partial charge is 0.319 e. The maximum atomic E-state index is 10.5. The molecule has 3 fully saturated rings. The Balaban J connectivity index is 0.000000160. The number of carbonyl (C=O) groups excluding carboxylic acids is 1. The molecule has 2 heterocycles. The van der Waals surface area contributed by atoms with Crippen LogP contribution in [0.4, 0.5) is 4.79 Å². The first-order valence-electron chi connectivity index (χ1n) is 9.72. The highest BCUT2D eigenvalue weighted by atomic mass is 16.5. The first-order chi connectivity index (χ1) is 12.5. The third-order valence-corrected chi connectivity index (χ3v) is 5.95. The second-order valence-electron chi connectivity index (χ2n) is 7.91. The minimum Gasteiger partial charge on any atom is -0.492 e. The Morgan fingerprint density at radius 3 is 2.62 bits per heavy atom. The standard InChI is InChI=1S/C15H18O2.C6H10N2O/c1-10-5-6-12(17-11-3-2-4-11)13-14(10)16-9-15(13)7-8-15;1-3-5-4(2)7-6(9)8-5/h5-6,11H,2-4,7-9H2,1H3;5H,2-3H2,1H3,(H2,7,8,9)/t;5-/m.1/s1. The third-order valence-electron chi connectivity index (χ3n) is 5.95.